The Balaban J connectivity index is 1.73. The molecule has 2 aliphatic rings. The third-order valence-corrected chi connectivity index (χ3v) is 5.79. The Morgan fingerprint density at radius 1 is 1.35 bits per heavy atom. The topological polar surface area (TPSA) is 39.7 Å². The molecule has 2 fully saturated rings. The molecule has 2 N–H and O–H groups in total. The lowest BCUT2D eigenvalue weighted by Crippen LogP contribution is -2.47. The van der Waals surface area contributed by atoms with E-state index in [-0.39, 0.29) is 0 Å². The zero-order valence-electron chi connectivity index (χ0n) is 13.2. The van der Waals surface area contributed by atoms with Crippen LogP contribution in [0.1, 0.15) is 39.0 Å². The van der Waals surface area contributed by atoms with E-state index in [1.807, 2.05) is 18.8 Å². The summed E-state index contributed by atoms with van der Waals surface area (Å²) < 4.78 is 0. The first-order chi connectivity index (χ1) is 9.76. The highest BCUT2D eigenvalue weighted by Gasteiger charge is 2.26. The van der Waals surface area contributed by atoms with Crippen LogP contribution in [0.2, 0.25) is 0 Å². The molecule has 0 bridgehead atoms. The van der Waals surface area contributed by atoms with Gasteiger partial charge in [-0.1, -0.05) is 6.92 Å². The molecule has 1 heterocycles. The highest BCUT2D eigenvalue weighted by molar-refractivity contribution is 7.99. The average molecular weight is 299 g/mol. The van der Waals surface area contributed by atoms with Gasteiger partial charge in [0, 0.05) is 30.9 Å². The van der Waals surface area contributed by atoms with Crippen molar-refractivity contribution in [1.29, 1.82) is 0 Å². The standard InChI is InChI=1S/C15H30N4S/c1-4-19-9-5-6-13(19)11-17-15(16-2)18-12-7-8-14(10-12)20-3/h12-14H,4-11H2,1-3H3,(H2,16,17,18). The smallest absolute Gasteiger partial charge is 0.191 e. The van der Waals surface area contributed by atoms with Crippen molar-refractivity contribution < 1.29 is 0 Å². The first-order valence-corrected chi connectivity index (χ1v) is 9.29. The second-order valence-corrected chi connectivity index (χ2v) is 7.03. The maximum atomic E-state index is 4.38. The molecule has 0 radical (unpaired) electrons. The average Bonchev–Trinajstić information content (AvgIpc) is 3.11. The van der Waals surface area contributed by atoms with Gasteiger partial charge < -0.3 is 10.6 Å². The first kappa shape index (κ1) is 16.0. The van der Waals surface area contributed by atoms with E-state index in [4.69, 9.17) is 0 Å². The van der Waals surface area contributed by atoms with Crippen molar-refractivity contribution in [2.24, 2.45) is 4.99 Å². The van der Waals surface area contributed by atoms with Crippen molar-refractivity contribution in [3.63, 3.8) is 0 Å². The fraction of sp³-hybridized carbons (Fsp3) is 0.933. The normalized spacial score (nSPS) is 31.8. The Labute approximate surface area is 128 Å². The van der Waals surface area contributed by atoms with Crippen LogP contribution in [0.4, 0.5) is 0 Å². The van der Waals surface area contributed by atoms with E-state index in [0.717, 1.165) is 24.3 Å². The minimum atomic E-state index is 0.601. The predicted molar refractivity (Wildman–Crippen MR) is 89.7 cm³/mol. The van der Waals surface area contributed by atoms with Gasteiger partial charge in [-0.15, -0.1) is 0 Å². The lowest BCUT2D eigenvalue weighted by atomic mass is 10.2. The van der Waals surface area contributed by atoms with Gasteiger partial charge in [0.1, 0.15) is 0 Å². The van der Waals surface area contributed by atoms with Crippen LogP contribution in [0.5, 0.6) is 0 Å². The summed E-state index contributed by atoms with van der Waals surface area (Å²) >= 11 is 2.00. The zero-order valence-corrected chi connectivity index (χ0v) is 14.0. The van der Waals surface area contributed by atoms with Crippen molar-refractivity contribution in [3.8, 4) is 0 Å². The molecule has 0 spiro atoms. The van der Waals surface area contributed by atoms with Crippen LogP contribution in [0.15, 0.2) is 4.99 Å². The second-order valence-electron chi connectivity index (χ2n) is 5.89. The molecule has 3 atom stereocenters. The number of hydrogen-bond donors (Lipinski definition) is 2. The lowest BCUT2D eigenvalue weighted by molar-refractivity contribution is 0.267. The van der Waals surface area contributed by atoms with Crippen LogP contribution in [-0.4, -0.2) is 61.1 Å². The number of thioether (sulfide) groups is 1. The fourth-order valence-electron chi connectivity index (χ4n) is 3.43. The molecule has 5 heteroatoms. The van der Waals surface area contributed by atoms with Crippen LogP contribution < -0.4 is 10.6 Å². The van der Waals surface area contributed by atoms with Crippen LogP contribution in [0, 0.1) is 0 Å². The summed E-state index contributed by atoms with van der Waals surface area (Å²) in [7, 11) is 1.88. The Kier molecular flexibility index (Phi) is 6.49. The minimum Gasteiger partial charge on any atom is -0.355 e. The maximum Gasteiger partial charge on any atom is 0.191 e. The van der Waals surface area contributed by atoms with E-state index in [1.165, 1.54) is 38.6 Å². The Hall–Kier alpha value is -0.420. The van der Waals surface area contributed by atoms with Gasteiger partial charge in [0.25, 0.3) is 0 Å². The summed E-state index contributed by atoms with van der Waals surface area (Å²) in [5.41, 5.74) is 0. The first-order valence-electron chi connectivity index (χ1n) is 8.00. The van der Waals surface area contributed by atoms with Crippen molar-refractivity contribution in [2.45, 2.75) is 56.4 Å². The maximum absolute atomic E-state index is 4.38. The largest absolute Gasteiger partial charge is 0.355 e. The molecular formula is C15H30N4S. The number of aliphatic imine (C=N–C) groups is 1. The van der Waals surface area contributed by atoms with E-state index in [0.29, 0.717) is 12.1 Å². The Morgan fingerprint density at radius 3 is 2.85 bits per heavy atom. The molecule has 20 heavy (non-hydrogen) atoms. The quantitative estimate of drug-likeness (QED) is 0.601. The third-order valence-electron chi connectivity index (χ3n) is 4.69. The predicted octanol–water partition coefficient (Wildman–Crippen LogP) is 1.92. The number of likely N-dealkylation sites (tertiary alicyclic amines) is 1. The van der Waals surface area contributed by atoms with E-state index < -0.39 is 0 Å². The summed E-state index contributed by atoms with van der Waals surface area (Å²) in [5, 5.41) is 7.95. The molecule has 1 aliphatic heterocycles. The second kappa shape index (κ2) is 8.13. The van der Waals surface area contributed by atoms with E-state index in [9.17, 15) is 0 Å². The zero-order chi connectivity index (χ0) is 14.4. The van der Waals surface area contributed by atoms with Crippen molar-refractivity contribution in [2.75, 3.05) is 32.9 Å². The van der Waals surface area contributed by atoms with Crippen LogP contribution >= 0.6 is 11.8 Å². The molecule has 4 nitrogen and oxygen atoms in total. The van der Waals surface area contributed by atoms with Crippen molar-refractivity contribution in [3.05, 3.63) is 0 Å². The number of likely N-dealkylation sites (N-methyl/N-ethyl adjacent to an activating group) is 1. The molecule has 116 valence electrons. The molecule has 0 aromatic carbocycles. The summed E-state index contributed by atoms with van der Waals surface area (Å²) in [6.07, 6.45) is 8.75. The summed E-state index contributed by atoms with van der Waals surface area (Å²) in [5.74, 6) is 0.986. The molecule has 1 saturated heterocycles. The van der Waals surface area contributed by atoms with Crippen molar-refractivity contribution in [1.82, 2.24) is 15.5 Å². The third kappa shape index (κ3) is 4.29. The van der Waals surface area contributed by atoms with E-state index in [1.54, 1.807) is 0 Å². The van der Waals surface area contributed by atoms with Crippen molar-refractivity contribution >= 4 is 17.7 Å². The van der Waals surface area contributed by atoms with Gasteiger partial charge in [0.15, 0.2) is 5.96 Å². The van der Waals surface area contributed by atoms with Crippen LogP contribution in [0.25, 0.3) is 0 Å². The monoisotopic (exact) mass is 298 g/mol. The number of nitrogens with one attached hydrogen (secondary N) is 2. The number of guanidine groups is 1. The number of rotatable bonds is 5. The van der Waals surface area contributed by atoms with Gasteiger partial charge in [-0.3, -0.25) is 9.89 Å². The fourth-order valence-corrected chi connectivity index (χ4v) is 4.23. The van der Waals surface area contributed by atoms with E-state index in [2.05, 4.69) is 33.7 Å². The molecule has 1 aliphatic carbocycles. The Morgan fingerprint density at radius 2 is 2.20 bits per heavy atom. The molecule has 3 unspecified atom stereocenters. The minimum absolute atomic E-state index is 0.601. The van der Waals surface area contributed by atoms with Gasteiger partial charge in [-0.05, 0) is 51.4 Å². The van der Waals surface area contributed by atoms with Gasteiger partial charge in [0.2, 0.25) is 0 Å². The lowest BCUT2D eigenvalue weighted by Gasteiger charge is -2.25. The van der Waals surface area contributed by atoms with Gasteiger partial charge in [-0.2, -0.15) is 11.8 Å². The molecule has 0 aromatic rings. The van der Waals surface area contributed by atoms with Gasteiger partial charge >= 0.3 is 0 Å². The van der Waals surface area contributed by atoms with Crippen LogP contribution in [-0.2, 0) is 0 Å². The number of hydrogen-bond acceptors (Lipinski definition) is 3. The molecule has 1 saturated carbocycles. The summed E-state index contributed by atoms with van der Waals surface area (Å²) in [4.78, 5) is 6.95. The molecule has 2 rings (SSSR count). The van der Waals surface area contributed by atoms with Crippen LogP contribution in [0.3, 0.4) is 0 Å². The highest BCUT2D eigenvalue weighted by atomic mass is 32.2. The van der Waals surface area contributed by atoms with Gasteiger partial charge in [-0.25, -0.2) is 0 Å². The van der Waals surface area contributed by atoms with Gasteiger partial charge in [0.05, 0.1) is 0 Å². The SMILES string of the molecule is CCN1CCCC1CNC(=NC)NC1CCC(SC)C1. The van der Waals surface area contributed by atoms with E-state index >= 15 is 0 Å². The summed E-state index contributed by atoms with van der Waals surface area (Å²) in [6, 6.07) is 1.28. The summed E-state index contributed by atoms with van der Waals surface area (Å²) in [6.45, 7) is 5.70. The number of nitrogens with zero attached hydrogens (tertiary/aromatic N) is 2. The molecule has 0 amide bonds. The molecular weight excluding hydrogens is 268 g/mol. The highest BCUT2D eigenvalue weighted by Crippen LogP contribution is 2.28. The Bertz CT molecular complexity index is 321. The molecule has 0 aromatic heterocycles.